The van der Waals surface area contributed by atoms with Crippen LogP contribution in [0.5, 0.6) is 5.75 Å². The average Bonchev–Trinajstić information content (AvgIpc) is 2.48. The minimum Gasteiger partial charge on any atom is -0.496 e. The molecule has 1 saturated heterocycles. The van der Waals surface area contributed by atoms with Crippen LogP contribution in [0.4, 0.5) is 0 Å². The van der Waals surface area contributed by atoms with Crippen molar-refractivity contribution in [2.75, 3.05) is 33.3 Å². The Kier molecular flexibility index (Phi) is 6.14. The van der Waals surface area contributed by atoms with Crippen molar-refractivity contribution < 1.29 is 4.74 Å². The molecule has 1 N–H and O–H groups in total. The van der Waals surface area contributed by atoms with Crippen molar-refractivity contribution in [2.45, 2.75) is 26.3 Å². The molecule has 1 aromatic rings. The second-order valence-electron chi connectivity index (χ2n) is 5.50. The molecule has 0 aromatic heterocycles. The second-order valence-corrected chi connectivity index (χ2v) is 5.93. The molecule has 0 bridgehead atoms. The van der Waals surface area contributed by atoms with Crippen molar-refractivity contribution in [1.29, 1.82) is 0 Å². The van der Waals surface area contributed by atoms with Crippen LogP contribution >= 0.6 is 11.6 Å². The third-order valence-corrected chi connectivity index (χ3v) is 4.23. The zero-order chi connectivity index (χ0) is 14.4. The SMILES string of the molecule is CCN(Cc1cc(Cl)ccc1OC)CC1CCCNC1. The van der Waals surface area contributed by atoms with Gasteiger partial charge in [-0.2, -0.15) is 0 Å². The summed E-state index contributed by atoms with van der Waals surface area (Å²) in [4.78, 5) is 2.48. The molecule has 112 valence electrons. The summed E-state index contributed by atoms with van der Waals surface area (Å²) in [5, 5.41) is 4.26. The normalized spacial score (nSPS) is 19.3. The van der Waals surface area contributed by atoms with E-state index in [1.54, 1.807) is 7.11 Å². The molecule has 1 aromatic carbocycles. The van der Waals surface area contributed by atoms with Crippen molar-refractivity contribution in [3.63, 3.8) is 0 Å². The topological polar surface area (TPSA) is 24.5 Å². The van der Waals surface area contributed by atoms with Gasteiger partial charge in [-0.3, -0.25) is 4.90 Å². The molecular weight excluding hydrogens is 272 g/mol. The molecule has 1 aliphatic rings. The summed E-state index contributed by atoms with van der Waals surface area (Å²) < 4.78 is 5.44. The third kappa shape index (κ3) is 4.37. The second kappa shape index (κ2) is 7.87. The van der Waals surface area contributed by atoms with E-state index in [9.17, 15) is 0 Å². The van der Waals surface area contributed by atoms with E-state index >= 15 is 0 Å². The summed E-state index contributed by atoms with van der Waals surface area (Å²) in [6, 6.07) is 5.85. The first-order valence-corrected chi connectivity index (χ1v) is 7.86. The van der Waals surface area contributed by atoms with Gasteiger partial charge in [0.25, 0.3) is 0 Å². The van der Waals surface area contributed by atoms with E-state index in [4.69, 9.17) is 16.3 Å². The fourth-order valence-electron chi connectivity index (χ4n) is 2.86. The first-order chi connectivity index (χ1) is 9.72. The number of rotatable bonds is 6. The zero-order valence-corrected chi connectivity index (χ0v) is 13.2. The van der Waals surface area contributed by atoms with Gasteiger partial charge in [0.1, 0.15) is 5.75 Å². The van der Waals surface area contributed by atoms with Gasteiger partial charge in [-0.1, -0.05) is 18.5 Å². The van der Waals surface area contributed by atoms with Gasteiger partial charge in [-0.25, -0.2) is 0 Å². The van der Waals surface area contributed by atoms with Crippen LogP contribution in [0.3, 0.4) is 0 Å². The number of nitrogens with one attached hydrogen (secondary N) is 1. The molecule has 3 nitrogen and oxygen atoms in total. The molecule has 1 atom stereocenters. The minimum absolute atomic E-state index is 0.758. The molecule has 0 saturated carbocycles. The highest BCUT2D eigenvalue weighted by molar-refractivity contribution is 6.30. The van der Waals surface area contributed by atoms with Gasteiger partial charge < -0.3 is 10.1 Å². The maximum Gasteiger partial charge on any atom is 0.123 e. The monoisotopic (exact) mass is 296 g/mol. The van der Waals surface area contributed by atoms with Gasteiger partial charge >= 0.3 is 0 Å². The molecular formula is C16H25ClN2O. The number of methoxy groups -OCH3 is 1. The molecule has 4 heteroatoms. The lowest BCUT2D eigenvalue weighted by molar-refractivity contribution is 0.207. The lowest BCUT2D eigenvalue weighted by Crippen LogP contribution is -2.38. The predicted octanol–water partition coefficient (Wildman–Crippen LogP) is 3.17. The number of benzene rings is 1. The Morgan fingerprint density at radius 1 is 1.45 bits per heavy atom. The number of ether oxygens (including phenoxy) is 1. The van der Waals surface area contributed by atoms with E-state index in [-0.39, 0.29) is 0 Å². The predicted molar refractivity (Wildman–Crippen MR) is 84.5 cm³/mol. The molecule has 1 aliphatic heterocycles. The van der Waals surface area contributed by atoms with Crippen LogP contribution in [0.25, 0.3) is 0 Å². The van der Waals surface area contributed by atoms with Crippen LogP contribution in [-0.4, -0.2) is 38.2 Å². The zero-order valence-electron chi connectivity index (χ0n) is 12.5. The van der Waals surface area contributed by atoms with Crippen molar-refractivity contribution >= 4 is 11.6 Å². The van der Waals surface area contributed by atoms with Gasteiger partial charge in [0.15, 0.2) is 0 Å². The fraction of sp³-hybridized carbons (Fsp3) is 0.625. The number of hydrogen-bond acceptors (Lipinski definition) is 3. The molecule has 2 rings (SSSR count). The highest BCUT2D eigenvalue weighted by Gasteiger charge is 2.17. The average molecular weight is 297 g/mol. The lowest BCUT2D eigenvalue weighted by Gasteiger charge is -2.29. The van der Waals surface area contributed by atoms with Crippen LogP contribution in [0.15, 0.2) is 18.2 Å². The van der Waals surface area contributed by atoms with Crippen LogP contribution < -0.4 is 10.1 Å². The molecule has 1 fully saturated rings. The number of nitrogens with zero attached hydrogens (tertiary/aromatic N) is 1. The highest BCUT2D eigenvalue weighted by atomic mass is 35.5. The van der Waals surface area contributed by atoms with E-state index in [1.807, 2.05) is 18.2 Å². The first kappa shape index (κ1) is 15.6. The summed E-state index contributed by atoms with van der Waals surface area (Å²) in [5.41, 5.74) is 1.17. The quantitative estimate of drug-likeness (QED) is 0.873. The Morgan fingerprint density at radius 3 is 2.95 bits per heavy atom. The van der Waals surface area contributed by atoms with Gasteiger partial charge in [0, 0.05) is 23.7 Å². The molecule has 0 amide bonds. The largest absolute Gasteiger partial charge is 0.496 e. The Bertz CT molecular complexity index is 419. The summed E-state index contributed by atoms with van der Waals surface area (Å²) in [5.74, 6) is 1.68. The Labute approximate surface area is 127 Å². The number of hydrogen-bond donors (Lipinski definition) is 1. The summed E-state index contributed by atoms with van der Waals surface area (Å²) in [6.45, 7) is 7.61. The molecule has 0 aliphatic carbocycles. The standard InChI is InChI=1S/C16H25ClN2O/c1-3-19(11-13-5-4-8-18-10-13)12-14-9-15(17)6-7-16(14)20-2/h6-7,9,13,18H,3-5,8,10-12H2,1-2H3. The summed E-state index contributed by atoms with van der Waals surface area (Å²) in [7, 11) is 1.72. The maximum absolute atomic E-state index is 6.11. The van der Waals surface area contributed by atoms with E-state index in [2.05, 4.69) is 17.1 Å². The van der Waals surface area contributed by atoms with Crippen molar-refractivity contribution in [3.05, 3.63) is 28.8 Å². The minimum atomic E-state index is 0.758. The third-order valence-electron chi connectivity index (χ3n) is 4.00. The van der Waals surface area contributed by atoms with E-state index in [0.717, 1.165) is 42.9 Å². The van der Waals surface area contributed by atoms with Crippen molar-refractivity contribution in [1.82, 2.24) is 10.2 Å². The van der Waals surface area contributed by atoms with Crippen LogP contribution in [0.2, 0.25) is 5.02 Å². The first-order valence-electron chi connectivity index (χ1n) is 7.48. The Morgan fingerprint density at radius 2 is 2.30 bits per heavy atom. The highest BCUT2D eigenvalue weighted by Crippen LogP contribution is 2.24. The van der Waals surface area contributed by atoms with E-state index in [1.165, 1.54) is 24.9 Å². The lowest BCUT2D eigenvalue weighted by atomic mass is 9.99. The van der Waals surface area contributed by atoms with Crippen LogP contribution in [0, 0.1) is 5.92 Å². The fourth-order valence-corrected chi connectivity index (χ4v) is 3.06. The molecule has 1 heterocycles. The number of piperidine rings is 1. The molecule has 0 spiro atoms. The smallest absolute Gasteiger partial charge is 0.123 e. The van der Waals surface area contributed by atoms with Gasteiger partial charge in [-0.15, -0.1) is 0 Å². The van der Waals surface area contributed by atoms with Crippen LogP contribution in [0.1, 0.15) is 25.3 Å². The molecule has 1 unspecified atom stereocenters. The van der Waals surface area contributed by atoms with Crippen LogP contribution in [-0.2, 0) is 6.54 Å². The van der Waals surface area contributed by atoms with E-state index < -0.39 is 0 Å². The Balaban J connectivity index is 1.99. The molecule has 0 radical (unpaired) electrons. The Hall–Kier alpha value is -0.770. The van der Waals surface area contributed by atoms with Crippen molar-refractivity contribution in [3.8, 4) is 5.75 Å². The maximum atomic E-state index is 6.11. The van der Waals surface area contributed by atoms with Gasteiger partial charge in [0.05, 0.1) is 7.11 Å². The summed E-state index contributed by atoms with van der Waals surface area (Å²) in [6.07, 6.45) is 2.62. The van der Waals surface area contributed by atoms with E-state index in [0.29, 0.717) is 0 Å². The summed E-state index contributed by atoms with van der Waals surface area (Å²) >= 11 is 6.11. The van der Waals surface area contributed by atoms with Gasteiger partial charge in [-0.05, 0) is 56.6 Å². The number of halogens is 1. The molecule has 20 heavy (non-hydrogen) atoms. The van der Waals surface area contributed by atoms with Crippen molar-refractivity contribution in [2.24, 2.45) is 5.92 Å². The van der Waals surface area contributed by atoms with Gasteiger partial charge in [0.2, 0.25) is 0 Å².